The summed E-state index contributed by atoms with van der Waals surface area (Å²) in [5.41, 5.74) is 3.19. The Kier molecular flexibility index (Phi) is 6.62. The summed E-state index contributed by atoms with van der Waals surface area (Å²) in [6.07, 6.45) is 2.63. The van der Waals surface area contributed by atoms with Crippen molar-refractivity contribution in [3.8, 4) is 0 Å². The molecule has 0 spiro atoms. The van der Waals surface area contributed by atoms with Crippen LogP contribution in [-0.2, 0) is 26.7 Å². The number of benzene rings is 2. The van der Waals surface area contributed by atoms with Crippen LogP contribution in [0.1, 0.15) is 38.8 Å². The Morgan fingerprint density at radius 1 is 1.18 bits per heavy atom. The molecule has 1 amide bonds. The molecule has 176 valence electrons. The average molecular weight is 486 g/mol. The summed E-state index contributed by atoms with van der Waals surface area (Å²) in [7, 11) is -3.76. The van der Waals surface area contributed by atoms with Crippen molar-refractivity contribution in [3.63, 3.8) is 0 Å². The summed E-state index contributed by atoms with van der Waals surface area (Å²) in [6, 6.07) is 14.9. The standard InChI is InChI=1S/C25H31N3O3S2/c1-17(15-18-16-26-22-8-6-5-7-21(18)22)27-23(29)24-28(13-14-32-24)33(30,31)20-11-9-19(10-12-20)25(2,3)4/h5-12,16-17,24,26H,13-15H2,1-4H3,(H,27,29). The van der Waals surface area contributed by atoms with Gasteiger partial charge >= 0.3 is 0 Å². The van der Waals surface area contributed by atoms with Crippen LogP contribution in [0.4, 0.5) is 0 Å². The number of nitrogens with zero attached hydrogens (tertiary/aromatic N) is 1. The monoisotopic (exact) mass is 485 g/mol. The van der Waals surface area contributed by atoms with Crippen molar-refractivity contribution in [2.45, 2.75) is 55.8 Å². The summed E-state index contributed by atoms with van der Waals surface area (Å²) in [6.45, 7) is 8.54. The van der Waals surface area contributed by atoms with Gasteiger partial charge in [-0.3, -0.25) is 4.79 Å². The van der Waals surface area contributed by atoms with Gasteiger partial charge in [-0.1, -0.05) is 51.1 Å². The van der Waals surface area contributed by atoms with Gasteiger partial charge in [0.25, 0.3) is 0 Å². The van der Waals surface area contributed by atoms with E-state index in [0.717, 1.165) is 22.0 Å². The Labute approximate surface area is 200 Å². The van der Waals surface area contributed by atoms with Gasteiger partial charge in [0.15, 0.2) is 0 Å². The van der Waals surface area contributed by atoms with Gasteiger partial charge in [-0.2, -0.15) is 4.31 Å². The molecule has 0 saturated carbocycles. The predicted molar refractivity (Wildman–Crippen MR) is 135 cm³/mol. The number of carbonyl (C=O) groups is 1. The molecular formula is C25H31N3O3S2. The van der Waals surface area contributed by atoms with E-state index in [4.69, 9.17) is 0 Å². The molecule has 1 aliphatic rings. The maximum Gasteiger partial charge on any atom is 0.248 e. The number of sulfonamides is 1. The van der Waals surface area contributed by atoms with E-state index >= 15 is 0 Å². The van der Waals surface area contributed by atoms with Crippen LogP contribution in [0.3, 0.4) is 0 Å². The second kappa shape index (κ2) is 9.16. The van der Waals surface area contributed by atoms with E-state index in [2.05, 4.69) is 37.1 Å². The second-order valence-corrected chi connectivity index (χ2v) is 12.7. The number of para-hydroxylation sites is 1. The van der Waals surface area contributed by atoms with Crippen LogP contribution in [0.25, 0.3) is 10.9 Å². The lowest BCUT2D eigenvalue weighted by molar-refractivity contribution is -0.122. The number of thioether (sulfide) groups is 1. The Morgan fingerprint density at radius 2 is 1.88 bits per heavy atom. The lowest BCUT2D eigenvalue weighted by Gasteiger charge is -2.25. The number of rotatable bonds is 6. The molecule has 8 heteroatoms. The molecule has 1 aromatic heterocycles. The van der Waals surface area contributed by atoms with Crippen molar-refractivity contribution in [1.29, 1.82) is 0 Å². The summed E-state index contributed by atoms with van der Waals surface area (Å²) >= 11 is 1.37. The minimum atomic E-state index is -3.76. The Bertz CT molecular complexity index is 1240. The van der Waals surface area contributed by atoms with E-state index in [1.165, 1.54) is 16.1 Å². The van der Waals surface area contributed by atoms with Gasteiger partial charge in [0.1, 0.15) is 5.37 Å². The van der Waals surface area contributed by atoms with E-state index in [-0.39, 0.29) is 22.3 Å². The Morgan fingerprint density at radius 3 is 2.58 bits per heavy atom. The average Bonchev–Trinajstić information content (AvgIpc) is 3.41. The van der Waals surface area contributed by atoms with Gasteiger partial charge in [-0.15, -0.1) is 11.8 Å². The highest BCUT2D eigenvalue weighted by atomic mass is 32.2. The van der Waals surface area contributed by atoms with E-state index in [0.29, 0.717) is 18.7 Å². The molecule has 2 N–H and O–H groups in total. The summed E-state index contributed by atoms with van der Waals surface area (Å²) in [5.74, 6) is 0.327. The van der Waals surface area contributed by atoms with Crippen LogP contribution in [0.5, 0.6) is 0 Å². The van der Waals surface area contributed by atoms with Crippen molar-refractivity contribution >= 4 is 38.6 Å². The third-order valence-electron chi connectivity index (χ3n) is 5.99. The number of hydrogen-bond acceptors (Lipinski definition) is 4. The van der Waals surface area contributed by atoms with Crippen LogP contribution in [0.2, 0.25) is 0 Å². The lowest BCUT2D eigenvalue weighted by atomic mass is 9.87. The molecule has 4 rings (SSSR count). The Hall–Kier alpha value is -2.29. The zero-order chi connectivity index (χ0) is 23.8. The van der Waals surface area contributed by atoms with E-state index in [9.17, 15) is 13.2 Å². The van der Waals surface area contributed by atoms with Crippen molar-refractivity contribution < 1.29 is 13.2 Å². The fraction of sp³-hybridized carbons (Fsp3) is 0.400. The van der Waals surface area contributed by atoms with Gasteiger partial charge in [0.05, 0.1) is 4.90 Å². The summed E-state index contributed by atoms with van der Waals surface area (Å²) in [5, 5.41) is 3.40. The summed E-state index contributed by atoms with van der Waals surface area (Å²) < 4.78 is 28.0. The van der Waals surface area contributed by atoms with E-state index < -0.39 is 15.4 Å². The number of nitrogens with one attached hydrogen (secondary N) is 2. The highest BCUT2D eigenvalue weighted by Crippen LogP contribution is 2.31. The highest BCUT2D eigenvalue weighted by Gasteiger charge is 2.40. The topological polar surface area (TPSA) is 82.3 Å². The number of fused-ring (bicyclic) bond motifs is 1. The zero-order valence-corrected chi connectivity index (χ0v) is 21.1. The van der Waals surface area contributed by atoms with Crippen molar-refractivity contribution in [2.24, 2.45) is 0 Å². The van der Waals surface area contributed by atoms with Crippen LogP contribution >= 0.6 is 11.8 Å². The van der Waals surface area contributed by atoms with E-state index in [1.807, 2.05) is 43.5 Å². The number of hydrogen-bond donors (Lipinski definition) is 2. The molecule has 1 fully saturated rings. The first-order valence-corrected chi connectivity index (χ1v) is 13.7. The third-order valence-corrected chi connectivity index (χ3v) is 9.20. The Balaban J connectivity index is 1.46. The third kappa shape index (κ3) is 4.98. The molecule has 1 saturated heterocycles. The van der Waals surface area contributed by atoms with Crippen LogP contribution in [0, 0.1) is 0 Å². The molecule has 2 unspecified atom stereocenters. The number of aromatic amines is 1. The molecular weight excluding hydrogens is 454 g/mol. The zero-order valence-electron chi connectivity index (χ0n) is 19.5. The smallest absolute Gasteiger partial charge is 0.248 e. The fourth-order valence-corrected chi connectivity index (χ4v) is 7.25. The second-order valence-electron chi connectivity index (χ2n) is 9.59. The van der Waals surface area contributed by atoms with Crippen LogP contribution in [-0.4, -0.2) is 47.3 Å². The number of aromatic nitrogens is 1. The first-order valence-electron chi connectivity index (χ1n) is 11.2. The van der Waals surface area contributed by atoms with Crippen molar-refractivity contribution in [2.75, 3.05) is 12.3 Å². The molecule has 2 aromatic carbocycles. The minimum Gasteiger partial charge on any atom is -0.361 e. The first kappa shape index (κ1) is 23.9. The molecule has 1 aliphatic heterocycles. The molecule has 0 aliphatic carbocycles. The fourth-order valence-electron chi connectivity index (χ4n) is 4.17. The van der Waals surface area contributed by atoms with Crippen LogP contribution < -0.4 is 5.32 Å². The molecule has 6 nitrogen and oxygen atoms in total. The minimum absolute atomic E-state index is 0.0604. The van der Waals surface area contributed by atoms with Crippen LogP contribution in [0.15, 0.2) is 59.6 Å². The van der Waals surface area contributed by atoms with Gasteiger partial charge in [0, 0.05) is 35.4 Å². The largest absolute Gasteiger partial charge is 0.361 e. The maximum absolute atomic E-state index is 13.3. The van der Waals surface area contributed by atoms with E-state index in [1.54, 1.807) is 12.1 Å². The first-order chi connectivity index (χ1) is 15.6. The SMILES string of the molecule is CC(Cc1c[nH]c2ccccc12)NC(=O)C1SCCN1S(=O)(=O)c1ccc(C(C)(C)C)cc1. The van der Waals surface area contributed by atoms with Gasteiger partial charge in [0.2, 0.25) is 15.9 Å². The van der Waals surface area contributed by atoms with Crippen molar-refractivity contribution in [3.05, 3.63) is 65.9 Å². The molecule has 3 aromatic rings. The molecule has 2 atom stereocenters. The van der Waals surface area contributed by atoms with Gasteiger partial charge in [-0.25, -0.2) is 8.42 Å². The molecule has 0 radical (unpaired) electrons. The maximum atomic E-state index is 13.3. The van der Waals surface area contributed by atoms with Gasteiger partial charge < -0.3 is 10.3 Å². The summed E-state index contributed by atoms with van der Waals surface area (Å²) in [4.78, 5) is 16.6. The van der Waals surface area contributed by atoms with Crippen molar-refractivity contribution in [1.82, 2.24) is 14.6 Å². The number of H-pyrrole nitrogens is 1. The van der Waals surface area contributed by atoms with Gasteiger partial charge in [-0.05, 0) is 48.1 Å². The normalized spacial score (nSPS) is 18.5. The number of amides is 1. The quantitative estimate of drug-likeness (QED) is 0.546. The lowest BCUT2D eigenvalue weighted by Crippen LogP contribution is -2.47. The highest BCUT2D eigenvalue weighted by molar-refractivity contribution is 8.02. The predicted octanol–water partition coefficient (Wildman–Crippen LogP) is 4.28. The number of carbonyl (C=O) groups excluding carboxylic acids is 1. The molecule has 0 bridgehead atoms. The molecule has 2 heterocycles. The molecule has 33 heavy (non-hydrogen) atoms.